The van der Waals surface area contributed by atoms with E-state index < -0.39 is 0 Å². The Morgan fingerprint density at radius 3 is 2.32 bits per heavy atom. The maximum atomic E-state index is 12.9. The summed E-state index contributed by atoms with van der Waals surface area (Å²) in [6.07, 6.45) is 0. The third-order valence-corrected chi connectivity index (χ3v) is 3.14. The molecule has 0 amide bonds. The van der Waals surface area contributed by atoms with Crippen LogP contribution in [0.4, 0.5) is 10.2 Å². The molecule has 0 aliphatic rings. The van der Waals surface area contributed by atoms with Crippen molar-refractivity contribution in [3.63, 3.8) is 0 Å². The summed E-state index contributed by atoms with van der Waals surface area (Å²) in [7, 11) is 0. The molecular weight excluding hydrogens is 241 g/mol. The third kappa shape index (κ3) is 3.50. The van der Waals surface area contributed by atoms with Gasteiger partial charge in [0.05, 0.1) is 5.69 Å². The minimum absolute atomic E-state index is 0.111. The van der Waals surface area contributed by atoms with Crippen LogP contribution < -0.4 is 5.32 Å². The zero-order valence-corrected chi connectivity index (χ0v) is 11.4. The highest BCUT2D eigenvalue weighted by Gasteiger charge is 2.20. The molecule has 0 radical (unpaired) electrons. The molecule has 3 nitrogen and oxygen atoms in total. The van der Waals surface area contributed by atoms with Gasteiger partial charge in [-0.2, -0.15) is 5.10 Å². The van der Waals surface area contributed by atoms with Crippen molar-refractivity contribution in [1.29, 1.82) is 0 Å². The Labute approximate surface area is 112 Å². The van der Waals surface area contributed by atoms with Gasteiger partial charge in [-0.05, 0) is 36.8 Å². The summed E-state index contributed by atoms with van der Waals surface area (Å²) in [5, 5.41) is 11.3. The molecule has 2 aromatic rings. The number of benzene rings is 1. The van der Waals surface area contributed by atoms with E-state index in [-0.39, 0.29) is 11.2 Å². The second-order valence-electron chi connectivity index (χ2n) is 5.30. The smallest absolute Gasteiger partial charge is 0.148 e. The van der Waals surface area contributed by atoms with E-state index in [1.165, 1.54) is 12.1 Å². The van der Waals surface area contributed by atoms with E-state index in [0.717, 1.165) is 17.1 Å². The zero-order valence-electron chi connectivity index (χ0n) is 11.4. The third-order valence-electron chi connectivity index (χ3n) is 3.14. The molecule has 19 heavy (non-hydrogen) atoms. The molecule has 4 heteroatoms. The van der Waals surface area contributed by atoms with Gasteiger partial charge in [0.15, 0.2) is 0 Å². The van der Waals surface area contributed by atoms with Gasteiger partial charge >= 0.3 is 0 Å². The highest BCUT2D eigenvalue weighted by atomic mass is 19.1. The SMILES string of the molecule is Cc1ccc(NCC(C)(C)c2ccc(F)cc2)nn1. The first-order valence-electron chi connectivity index (χ1n) is 6.28. The molecule has 0 atom stereocenters. The molecular formula is C15H18FN3. The van der Waals surface area contributed by atoms with Crippen LogP contribution in [-0.4, -0.2) is 16.7 Å². The Morgan fingerprint density at radius 2 is 1.74 bits per heavy atom. The highest BCUT2D eigenvalue weighted by molar-refractivity contribution is 5.35. The normalized spacial score (nSPS) is 11.4. The van der Waals surface area contributed by atoms with Crippen LogP contribution in [0.25, 0.3) is 0 Å². The molecule has 1 heterocycles. The second kappa shape index (κ2) is 5.34. The average molecular weight is 259 g/mol. The van der Waals surface area contributed by atoms with Crippen molar-refractivity contribution < 1.29 is 4.39 Å². The van der Waals surface area contributed by atoms with Gasteiger partial charge in [0.1, 0.15) is 11.6 Å². The first-order chi connectivity index (χ1) is 8.97. The summed E-state index contributed by atoms with van der Waals surface area (Å²) in [6, 6.07) is 10.4. The van der Waals surface area contributed by atoms with Crippen LogP contribution in [0.3, 0.4) is 0 Å². The molecule has 0 aliphatic carbocycles. The van der Waals surface area contributed by atoms with Gasteiger partial charge in [-0.25, -0.2) is 4.39 Å². The fourth-order valence-electron chi connectivity index (χ4n) is 1.81. The lowest BCUT2D eigenvalue weighted by Crippen LogP contribution is -2.28. The molecule has 0 unspecified atom stereocenters. The standard InChI is InChI=1S/C15H18FN3/c1-11-4-9-14(19-18-11)17-10-15(2,3)12-5-7-13(16)8-6-12/h4-9H,10H2,1-3H3,(H,17,19). The van der Waals surface area contributed by atoms with Crippen molar-refractivity contribution in [2.75, 3.05) is 11.9 Å². The Morgan fingerprint density at radius 1 is 1.05 bits per heavy atom. The maximum absolute atomic E-state index is 12.9. The number of hydrogen-bond donors (Lipinski definition) is 1. The van der Waals surface area contributed by atoms with Crippen molar-refractivity contribution in [3.05, 3.63) is 53.5 Å². The molecule has 0 saturated carbocycles. The molecule has 0 aliphatic heterocycles. The lowest BCUT2D eigenvalue weighted by Gasteiger charge is -2.25. The van der Waals surface area contributed by atoms with Gasteiger partial charge in [-0.3, -0.25) is 0 Å². The summed E-state index contributed by atoms with van der Waals surface area (Å²) in [5.41, 5.74) is 1.87. The molecule has 0 bridgehead atoms. The fraction of sp³-hybridized carbons (Fsp3) is 0.333. The van der Waals surface area contributed by atoms with Crippen molar-refractivity contribution in [3.8, 4) is 0 Å². The average Bonchev–Trinajstić information content (AvgIpc) is 2.39. The van der Waals surface area contributed by atoms with Gasteiger partial charge in [-0.1, -0.05) is 26.0 Å². The van der Waals surface area contributed by atoms with Crippen molar-refractivity contribution in [1.82, 2.24) is 10.2 Å². The van der Waals surface area contributed by atoms with Gasteiger partial charge in [0.2, 0.25) is 0 Å². The Kier molecular flexibility index (Phi) is 3.79. The van der Waals surface area contributed by atoms with Gasteiger partial charge < -0.3 is 5.32 Å². The zero-order chi connectivity index (χ0) is 13.9. The van der Waals surface area contributed by atoms with Crippen LogP contribution in [0.1, 0.15) is 25.1 Å². The summed E-state index contributed by atoms with van der Waals surface area (Å²) >= 11 is 0. The first-order valence-corrected chi connectivity index (χ1v) is 6.28. The number of hydrogen-bond acceptors (Lipinski definition) is 3. The van der Waals surface area contributed by atoms with Crippen molar-refractivity contribution in [2.24, 2.45) is 0 Å². The number of halogens is 1. The number of nitrogens with one attached hydrogen (secondary N) is 1. The lowest BCUT2D eigenvalue weighted by atomic mass is 9.84. The first kappa shape index (κ1) is 13.5. The van der Waals surface area contributed by atoms with E-state index in [0.29, 0.717) is 6.54 Å². The van der Waals surface area contributed by atoms with Crippen molar-refractivity contribution >= 4 is 5.82 Å². The molecule has 1 N–H and O–H groups in total. The van der Waals surface area contributed by atoms with Crippen LogP contribution in [0.5, 0.6) is 0 Å². The largest absolute Gasteiger partial charge is 0.368 e. The summed E-state index contributed by atoms with van der Waals surface area (Å²) < 4.78 is 12.9. The number of aromatic nitrogens is 2. The minimum atomic E-state index is -0.211. The van der Waals surface area contributed by atoms with E-state index in [1.807, 2.05) is 31.2 Å². The highest BCUT2D eigenvalue weighted by Crippen LogP contribution is 2.23. The van der Waals surface area contributed by atoms with E-state index >= 15 is 0 Å². The quantitative estimate of drug-likeness (QED) is 0.915. The van der Waals surface area contributed by atoms with Crippen LogP contribution in [0.15, 0.2) is 36.4 Å². The molecule has 0 saturated heterocycles. The molecule has 1 aromatic carbocycles. The Bertz CT molecular complexity index is 532. The molecule has 2 rings (SSSR count). The van der Waals surface area contributed by atoms with Crippen LogP contribution in [0.2, 0.25) is 0 Å². The monoisotopic (exact) mass is 259 g/mol. The fourth-order valence-corrected chi connectivity index (χ4v) is 1.81. The number of anilines is 1. The molecule has 0 fully saturated rings. The van der Waals surface area contributed by atoms with Crippen LogP contribution in [-0.2, 0) is 5.41 Å². The van der Waals surface area contributed by atoms with Gasteiger partial charge in [0.25, 0.3) is 0 Å². The molecule has 0 spiro atoms. The topological polar surface area (TPSA) is 37.8 Å². The number of rotatable bonds is 4. The Balaban J connectivity index is 2.04. The maximum Gasteiger partial charge on any atom is 0.148 e. The van der Waals surface area contributed by atoms with Crippen LogP contribution >= 0.6 is 0 Å². The second-order valence-corrected chi connectivity index (χ2v) is 5.30. The predicted molar refractivity (Wildman–Crippen MR) is 74.7 cm³/mol. The van der Waals surface area contributed by atoms with Crippen LogP contribution in [0, 0.1) is 12.7 Å². The minimum Gasteiger partial charge on any atom is -0.368 e. The summed E-state index contributed by atoms with van der Waals surface area (Å²) in [6.45, 7) is 6.82. The van der Waals surface area contributed by atoms with Gasteiger partial charge in [-0.15, -0.1) is 5.10 Å². The van der Waals surface area contributed by atoms with E-state index in [1.54, 1.807) is 0 Å². The van der Waals surface area contributed by atoms with E-state index in [2.05, 4.69) is 29.4 Å². The number of aryl methyl sites for hydroxylation is 1. The summed E-state index contributed by atoms with van der Waals surface area (Å²) in [4.78, 5) is 0. The summed E-state index contributed by atoms with van der Waals surface area (Å²) in [5.74, 6) is 0.540. The Hall–Kier alpha value is -1.97. The van der Waals surface area contributed by atoms with Gasteiger partial charge in [0, 0.05) is 12.0 Å². The van der Waals surface area contributed by atoms with E-state index in [4.69, 9.17) is 0 Å². The van der Waals surface area contributed by atoms with Crippen molar-refractivity contribution in [2.45, 2.75) is 26.2 Å². The lowest BCUT2D eigenvalue weighted by molar-refractivity contribution is 0.552. The number of nitrogens with zero attached hydrogens (tertiary/aromatic N) is 2. The predicted octanol–water partition coefficient (Wildman–Crippen LogP) is 3.31. The molecule has 100 valence electrons. The van der Waals surface area contributed by atoms with E-state index in [9.17, 15) is 4.39 Å². The molecule has 1 aromatic heterocycles.